The Morgan fingerprint density at radius 2 is 1.15 bits per heavy atom. The standard InChI is InChI=1S/C44H79NO9/c1-3-5-7-9-11-13-15-17-18-19-20-21-23-24-26-28-30-32-37(47)36(35-53-44-42(51)41(50)40(49)39(34-46)54-44)45-43(52)38(48)33-31-29-27-25-22-16-14-12-10-8-6-4-2/h22-25,29-32,36-42,44,46-51H,3-21,26-28,33-35H2,1-2H3,(H,45,52)/b24-23+,25-22-,31-29-,32-30+. The van der Waals surface area contributed by atoms with Gasteiger partial charge in [0.15, 0.2) is 6.29 Å². The molecule has 1 aliphatic rings. The van der Waals surface area contributed by atoms with Crippen LogP contribution >= 0.6 is 0 Å². The predicted octanol–water partition coefficient (Wildman–Crippen LogP) is 7.25. The summed E-state index contributed by atoms with van der Waals surface area (Å²) in [5.41, 5.74) is 0. The molecule has 7 N–H and O–H groups in total. The van der Waals surface area contributed by atoms with Crippen LogP contribution in [0, 0.1) is 0 Å². The number of unbranched alkanes of at least 4 members (excludes halogenated alkanes) is 18. The molecule has 1 aliphatic heterocycles. The Balaban J connectivity index is 2.54. The largest absolute Gasteiger partial charge is 0.394 e. The van der Waals surface area contributed by atoms with E-state index in [0.29, 0.717) is 12.8 Å². The van der Waals surface area contributed by atoms with Crippen molar-refractivity contribution in [2.75, 3.05) is 13.2 Å². The highest BCUT2D eigenvalue weighted by molar-refractivity contribution is 5.81. The second kappa shape index (κ2) is 34.4. The Bertz CT molecular complexity index is 1000. The zero-order valence-corrected chi connectivity index (χ0v) is 33.8. The third-order valence-electron chi connectivity index (χ3n) is 9.99. The Kier molecular flexibility index (Phi) is 31.9. The van der Waals surface area contributed by atoms with Gasteiger partial charge in [0.2, 0.25) is 5.91 Å². The summed E-state index contributed by atoms with van der Waals surface area (Å²) in [7, 11) is 0. The van der Waals surface area contributed by atoms with E-state index in [9.17, 15) is 35.4 Å². The average Bonchev–Trinajstić information content (AvgIpc) is 3.17. The molecule has 1 heterocycles. The molecule has 0 saturated carbocycles. The summed E-state index contributed by atoms with van der Waals surface area (Å²) in [4.78, 5) is 12.9. The molecule has 0 aromatic carbocycles. The molecule has 0 aromatic heterocycles. The van der Waals surface area contributed by atoms with Crippen LogP contribution in [0.3, 0.4) is 0 Å². The Morgan fingerprint density at radius 1 is 0.648 bits per heavy atom. The van der Waals surface area contributed by atoms with E-state index in [0.717, 1.165) is 19.3 Å². The van der Waals surface area contributed by atoms with Crippen LogP contribution in [-0.4, -0.2) is 98.7 Å². The lowest BCUT2D eigenvalue weighted by Gasteiger charge is -2.40. The lowest BCUT2D eigenvalue weighted by atomic mass is 9.99. The highest BCUT2D eigenvalue weighted by Crippen LogP contribution is 2.22. The van der Waals surface area contributed by atoms with Crippen molar-refractivity contribution < 1.29 is 44.9 Å². The molecular weight excluding hydrogens is 686 g/mol. The molecule has 10 heteroatoms. The molecule has 0 aromatic rings. The first kappa shape index (κ1) is 50.1. The molecule has 314 valence electrons. The first-order valence-corrected chi connectivity index (χ1v) is 21.5. The maximum atomic E-state index is 12.9. The lowest BCUT2D eigenvalue weighted by Crippen LogP contribution is -2.60. The number of rotatable bonds is 34. The van der Waals surface area contributed by atoms with Gasteiger partial charge in [0.05, 0.1) is 25.4 Å². The van der Waals surface area contributed by atoms with E-state index >= 15 is 0 Å². The van der Waals surface area contributed by atoms with Gasteiger partial charge in [0.1, 0.15) is 30.5 Å². The molecule has 1 amide bonds. The van der Waals surface area contributed by atoms with Crippen molar-refractivity contribution >= 4 is 5.91 Å². The van der Waals surface area contributed by atoms with E-state index in [1.54, 1.807) is 12.2 Å². The van der Waals surface area contributed by atoms with E-state index in [-0.39, 0.29) is 13.0 Å². The van der Waals surface area contributed by atoms with Gasteiger partial charge in [-0.25, -0.2) is 0 Å². The molecule has 0 spiro atoms. The fraction of sp³-hybridized carbons (Fsp3) is 0.795. The number of amides is 1. The molecular formula is C44H79NO9. The van der Waals surface area contributed by atoms with Gasteiger partial charge in [-0.05, 0) is 44.9 Å². The van der Waals surface area contributed by atoms with E-state index < -0.39 is 61.5 Å². The molecule has 1 fully saturated rings. The van der Waals surface area contributed by atoms with Gasteiger partial charge in [-0.3, -0.25) is 4.79 Å². The van der Waals surface area contributed by atoms with Gasteiger partial charge in [0.25, 0.3) is 0 Å². The summed E-state index contributed by atoms with van der Waals surface area (Å²) in [6, 6.07) is -1.03. The fourth-order valence-corrected chi connectivity index (χ4v) is 6.40. The number of hydrogen-bond donors (Lipinski definition) is 7. The molecule has 1 rings (SSSR count). The number of carbonyl (C=O) groups excluding carboxylic acids is 1. The molecule has 1 saturated heterocycles. The highest BCUT2D eigenvalue weighted by atomic mass is 16.7. The third kappa shape index (κ3) is 24.6. The lowest BCUT2D eigenvalue weighted by molar-refractivity contribution is -0.302. The van der Waals surface area contributed by atoms with Crippen LogP contribution in [0.5, 0.6) is 0 Å². The van der Waals surface area contributed by atoms with Crippen LogP contribution in [0.15, 0.2) is 48.6 Å². The zero-order chi connectivity index (χ0) is 39.7. The van der Waals surface area contributed by atoms with Crippen molar-refractivity contribution in [3.63, 3.8) is 0 Å². The number of ether oxygens (including phenoxy) is 2. The highest BCUT2D eigenvalue weighted by Gasteiger charge is 2.44. The van der Waals surface area contributed by atoms with Gasteiger partial charge >= 0.3 is 0 Å². The molecule has 0 aliphatic carbocycles. The van der Waals surface area contributed by atoms with Gasteiger partial charge in [-0.1, -0.05) is 159 Å². The Labute approximate surface area is 327 Å². The van der Waals surface area contributed by atoms with Crippen LogP contribution in [0.4, 0.5) is 0 Å². The minimum Gasteiger partial charge on any atom is -0.394 e. The zero-order valence-electron chi connectivity index (χ0n) is 33.8. The Morgan fingerprint density at radius 3 is 1.72 bits per heavy atom. The van der Waals surface area contributed by atoms with E-state index in [1.807, 2.05) is 12.2 Å². The maximum Gasteiger partial charge on any atom is 0.249 e. The van der Waals surface area contributed by atoms with Crippen molar-refractivity contribution in [2.24, 2.45) is 0 Å². The van der Waals surface area contributed by atoms with Gasteiger partial charge < -0.3 is 45.4 Å². The minimum absolute atomic E-state index is 0.0921. The Hall–Kier alpha value is -1.89. The monoisotopic (exact) mass is 766 g/mol. The van der Waals surface area contributed by atoms with Crippen molar-refractivity contribution in [2.45, 2.75) is 210 Å². The number of allylic oxidation sites excluding steroid dienone is 6. The fourth-order valence-electron chi connectivity index (χ4n) is 6.40. The van der Waals surface area contributed by atoms with Crippen LogP contribution in [0.2, 0.25) is 0 Å². The molecule has 54 heavy (non-hydrogen) atoms. The number of nitrogens with one attached hydrogen (secondary N) is 1. The summed E-state index contributed by atoms with van der Waals surface area (Å²) in [6.07, 6.45) is 32.2. The quantitative estimate of drug-likeness (QED) is 0.0264. The second-order valence-corrected chi connectivity index (χ2v) is 14.9. The number of aliphatic hydroxyl groups is 6. The smallest absolute Gasteiger partial charge is 0.249 e. The number of hydrogen-bond acceptors (Lipinski definition) is 9. The second-order valence-electron chi connectivity index (χ2n) is 14.9. The van der Waals surface area contributed by atoms with Gasteiger partial charge in [-0.15, -0.1) is 0 Å². The van der Waals surface area contributed by atoms with Crippen molar-refractivity contribution in [1.82, 2.24) is 5.32 Å². The molecule has 10 nitrogen and oxygen atoms in total. The molecule has 0 radical (unpaired) electrons. The summed E-state index contributed by atoms with van der Waals surface area (Å²) in [6.45, 7) is 3.52. The first-order chi connectivity index (χ1) is 26.3. The minimum atomic E-state index is -1.63. The van der Waals surface area contributed by atoms with Crippen LogP contribution in [-0.2, 0) is 14.3 Å². The summed E-state index contributed by atoms with van der Waals surface area (Å²) in [5.74, 6) is -0.696. The number of carbonyl (C=O) groups is 1. The normalized spacial score (nSPS) is 22.6. The van der Waals surface area contributed by atoms with E-state index in [4.69, 9.17) is 9.47 Å². The van der Waals surface area contributed by atoms with Crippen LogP contribution in [0.1, 0.15) is 162 Å². The van der Waals surface area contributed by atoms with Crippen LogP contribution < -0.4 is 5.32 Å². The van der Waals surface area contributed by atoms with Gasteiger partial charge in [0, 0.05) is 6.42 Å². The van der Waals surface area contributed by atoms with E-state index in [1.165, 1.54) is 109 Å². The molecule has 8 atom stereocenters. The molecule has 8 unspecified atom stereocenters. The SMILES string of the molecule is CCCCCCCC/C=C\C/C=C\CC(O)C(=O)NC(COC1OC(CO)C(O)C(O)C1O)C(O)/C=C/CC/C=C/CCCCCCCCCCCCC. The molecule has 0 bridgehead atoms. The topological polar surface area (TPSA) is 169 Å². The van der Waals surface area contributed by atoms with Crippen molar-refractivity contribution in [1.29, 1.82) is 0 Å². The third-order valence-corrected chi connectivity index (χ3v) is 9.99. The summed E-state index contributed by atoms with van der Waals surface area (Å²) >= 11 is 0. The average molecular weight is 766 g/mol. The van der Waals surface area contributed by atoms with Crippen LogP contribution in [0.25, 0.3) is 0 Å². The summed E-state index contributed by atoms with van der Waals surface area (Å²) < 4.78 is 11.1. The van der Waals surface area contributed by atoms with Crippen molar-refractivity contribution in [3.05, 3.63) is 48.6 Å². The van der Waals surface area contributed by atoms with E-state index in [2.05, 4.69) is 43.5 Å². The first-order valence-electron chi connectivity index (χ1n) is 21.5. The predicted molar refractivity (Wildman–Crippen MR) is 218 cm³/mol. The van der Waals surface area contributed by atoms with Gasteiger partial charge in [-0.2, -0.15) is 0 Å². The number of aliphatic hydroxyl groups excluding tert-OH is 6. The van der Waals surface area contributed by atoms with Crippen molar-refractivity contribution in [3.8, 4) is 0 Å². The summed E-state index contributed by atoms with van der Waals surface area (Å²) in [5, 5.41) is 64.3. The maximum absolute atomic E-state index is 12.9.